The highest BCUT2D eigenvalue weighted by Crippen LogP contribution is 2.41. The summed E-state index contributed by atoms with van der Waals surface area (Å²) in [6.45, 7) is 2.61. The SMILES string of the molecule is COc1c(-c2noc(CN)n2)cc(C)cc1C(C)(F)F. The number of nitrogens with two attached hydrogens (primary N) is 1. The van der Waals surface area contributed by atoms with Crippen molar-refractivity contribution in [3.63, 3.8) is 0 Å². The minimum Gasteiger partial charge on any atom is -0.495 e. The van der Waals surface area contributed by atoms with E-state index in [1.165, 1.54) is 13.2 Å². The molecule has 0 saturated heterocycles. The Morgan fingerprint density at radius 3 is 2.60 bits per heavy atom. The minimum absolute atomic E-state index is 0.0347. The van der Waals surface area contributed by atoms with Gasteiger partial charge in [0.05, 0.1) is 24.8 Å². The zero-order chi connectivity index (χ0) is 14.9. The molecule has 20 heavy (non-hydrogen) atoms. The first-order valence-electron chi connectivity index (χ1n) is 5.96. The second kappa shape index (κ2) is 5.16. The number of aryl methyl sites for hydroxylation is 1. The van der Waals surface area contributed by atoms with Gasteiger partial charge in [0, 0.05) is 6.92 Å². The van der Waals surface area contributed by atoms with Crippen molar-refractivity contribution in [3.8, 4) is 17.1 Å². The molecule has 0 bridgehead atoms. The standard InChI is InChI=1S/C13H15F2N3O2/c1-7-4-8(12-17-10(6-16)20-18-12)11(19-3)9(5-7)13(2,14)15/h4-5H,6,16H2,1-3H3. The summed E-state index contributed by atoms with van der Waals surface area (Å²) in [6, 6.07) is 3.05. The third-order valence-corrected chi connectivity index (χ3v) is 2.79. The molecule has 0 atom stereocenters. The van der Waals surface area contributed by atoms with Gasteiger partial charge < -0.3 is 15.0 Å². The number of hydrogen-bond donors (Lipinski definition) is 1. The number of aromatic nitrogens is 2. The van der Waals surface area contributed by atoms with Gasteiger partial charge in [0.2, 0.25) is 11.7 Å². The Balaban J connectivity index is 2.66. The predicted octanol–water partition coefficient (Wildman–Crippen LogP) is 2.62. The summed E-state index contributed by atoms with van der Waals surface area (Å²) < 4.78 is 37.4. The summed E-state index contributed by atoms with van der Waals surface area (Å²) in [6.07, 6.45) is 0. The fraction of sp³-hybridized carbons (Fsp3) is 0.385. The molecule has 2 N–H and O–H groups in total. The topological polar surface area (TPSA) is 74.2 Å². The van der Waals surface area contributed by atoms with E-state index in [4.69, 9.17) is 15.0 Å². The first-order chi connectivity index (χ1) is 9.36. The monoisotopic (exact) mass is 283 g/mol. The number of benzene rings is 1. The molecule has 0 saturated carbocycles. The lowest BCUT2D eigenvalue weighted by Gasteiger charge is -2.18. The molecule has 0 aliphatic rings. The van der Waals surface area contributed by atoms with Crippen LogP contribution in [-0.4, -0.2) is 17.3 Å². The van der Waals surface area contributed by atoms with E-state index in [9.17, 15) is 8.78 Å². The summed E-state index contributed by atoms with van der Waals surface area (Å²) in [5.74, 6) is -2.59. The number of halogens is 2. The minimum atomic E-state index is -3.04. The number of hydrogen-bond acceptors (Lipinski definition) is 5. The number of alkyl halides is 2. The van der Waals surface area contributed by atoms with E-state index in [0.717, 1.165) is 6.92 Å². The van der Waals surface area contributed by atoms with Gasteiger partial charge in [-0.25, -0.2) is 8.78 Å². The van der Waals surface area contributed by atoms with Crippen molar-refractivity contribution in [2.24, 2.45) is 5.73 Å². The van der Waals surface area contributed by atoms with Gasteiger partial charge in [-0.3, -0.25) is 0 Å². The summed E-state index contributed by atoms with van der Waals surface area (Å²) >= 11 is 0. The van der Waals surface area contributed by atoms with Crippen molar-refractivity contribution in [3.05, 3.63) is 29.2 Å². The van der Waals surface area contributed by atoms with Crippen molar-refractivity contribution in [2.45, 2.75) is 26.3 Å². The van der Waals surface area contributed by atoms with Gasteiger partial charge in [0.25, 0.3) is 5.92 Å². The normalized spacial score (nSPS) is 11.7. The average molecular weight is 283 g/mol. The Morgan fingerprint density at radius 2 is 2.10 bits per heavy atom. The first-order valence-corrected chi connectivity index (χ1v) is 5.96. The second-order valence-electron chi connectivity index (χ2n) is 4.50. The van der Waals surface area contributed by atoms with Crippen molar-refractivity contribution in [2.75, 3.05) is 7.11 Å². The van der Waals surface area contributed by atoms with Crippen LogP contribution >= 0.6 is 0 Å². The number of ether oxygens (including phenoxy) is 1. The largest absolute Gasteiger partial charge is 0.495 e. The maximum absolute atomic E-state index is 13.7. The van der Waals surface area contributed by atoms with E-state index in [1.807, 2.05) is 0 Å². The lowest BCUT2D eigenvalue weighted by Crippen LogP contribution is -2.10. The van der Waals surface area contributed by atoms with Crippen LogP contribution < -0.4 is 10.5 Å². The molecule has 0 aliphatic carbocycles. The maximum Gasteiger partial charge on any atom is 0.274 e. The Kier molecular flexibility index (Phi) is 3.71. The molecule has 1 aromatic heterocycles. The molecule has 2 aromatic rings. The third kappa shape index (κ3) is 2.62. The van der Waals surface area contributed by atoms with Crippen molar-refractivity contribution in [1.29, 1.82) is 0 Å². The van der Waals surface area contributed by atoms with Crippen molar-refractivity contribution in [1.82, 2.24) is 10.1 Å². The van der Waals surface area contributed by atoms with Crippen LogP contribution in [0, 0.1) is 6.92 Å². The number of rotatable bonds is 4. The Morgan fingerprint density at radius 1 is 1.40 bits per heavy atom. The molecule has 0 aliphatic heterocycles. The van der Waals surface area contributed by atoms with Crippen molar-refractivity contribution >= 4 is 0 Å². The van der Waals surface area contributed by atoms with E-state index < -0.39 is 5.92 Å². The molecular formula is C13H15F2N3O2. The van der Waals surface area contributed by atoms with Crippen LogP contribution in [0.15, 0.2) is 16.7 Å². The average Bonchev–Trinajstić information content (AvgIpc) is 2.85. The molecular weight excluding hydrogens is 268 g/mol. The zero-order valence-electron chi connectivity index (χ0n) is 11.4. The van der Waals surface area contributed by atoms with Gasteiger partial charge in [-0.1, -0.05) is 5.16 Å². The summed E-state index contributed by atoms with van der Waals surface area (Å²) in [5.41, 5.74) is 6.18. The van der Waals surface area contributed by atoms with Crippen LogP contribution in [0.2, 0.25) is 0 Å². The summed E-state index contributed by atoms with van der Waals surface area (Å²) in [4.78, 5) is 4.04. The number of nitrogens with zero attached hydrogens (tertiary/aromatic N) is 2. The lowest BCUT2D eigenvalue weighted by atomic mass is 10.00. The molecule has 0 unspecified atom stereocenters. The fourth-order valence-electron chi connectivity index (χ4n) is 1.93. The second-order valence-corrected chi connectivity index (χ2v) is 4.50. The number of methoxy groups -OCH3 is 1. The highest BCUT2D eigenvalue weighted by Gasteiger charge is 2.31. The molecule has 0 radical (unpaired) electrons. The molecule has 1 aromatic carbocycles. The van der Waals surface area contributed by atoms with Crippen LogP contribution in [0.4, 0.5) is 8.78 Å². The Labute approximate surface area is 114 Å². The van der Waals surface area contributed by atoms with Gasteiger partial charge in [0.1, 0.15) is 5.75 Å². The van der Waals surface area contributed by atoms with E-state index in [1.54, 1.807) is 13.0 Å². The van der Waals surface area contributed by atoms with Gasteiger partial charge in [-0.15, -0.1) is 0 Å². The van der Waals surface area contributed by atoms with Gasteiger partial charge in [0.15, 0.2) is 0 Å². The van der Waals surface area contributed by atoms with Crippen molar-refractivity contribution < 1.29 is 18.0 Å². The third-order valence-electron chi connectivity index (χ3n) is 2.79. The van der Waals surface area contributed by atoms with E-state index in [-0.39, 0.29) is 29.6 Å². The van der Waals surface area contributed by atoms with Crippen LogP contribution in [0.25, 0.3) is 11.4 Å². The van der Waals surface area contributed by atoms with Crippen LogP contribution in [-0.2, 0) is 12.5 Å². The maximum atomic E-state index is 13.7. The summed E-state index contributed by atoms with van der Waals surface area (Å²) in [5, 5.41) is 3.74. The van der Waals surface area contributed by atoms with E-state index >= 15 is 0 Å². The van der Waals surface area contributed by atoms with E-state index in [0.29, 0.717) is 11.1 Å². The zero-order valence-corrected chi connectivity index (χ0v) is 11.4. The molecule has 0 fully saturated rings. The Hall–Kier alpha value is -2.02. The molecule has 0 amide bonds. The lowest BCUT2D eigenvalue weighted by molar-refractivity contribution is 0.0151. The van der Waals surface area contributed by atoms with Gasteiger partial charge in [-0.05, 0) is 24.6 Å². The molecule has 108 valence electrons. The summed E-state index contributed by atoms with van der Waals surface area (Å²) in [7, 11) is 1.33. The van der Waals surface area contributed by atoms with Gasteiger partial charge in [-0.2, -0.15) is 4.98 Å². The molecule has 5 nitrogen and oxygen atoms in total. The highest BCUT2D eigenvalue weighted by molar-refractivity contribution is 5.68. The van der Waals surface area contributed by atoms with E-state index in [2.05, 4.69) is 10.1 Å². The first kappa shape index (κ1) is 14.4. The molecule has 2 rings (SSSR count). The highest BCUT2D eigenvalue weighted by atomic mass is 19.3. The molecule has 0 spiro atoms. The molecule has 7 heteroatoms. The van der Waals surface area contributed by atoms with Crippen LogP contribution in [0.3, 0.4) is 0 Å². The predicted molar refractivity (Wildman–Crippen MR) is 68.5 cm³/mol. The Bertz CT molecular complexity index is 621. The smallest absolute Gasteiger partial charge is 0.274 e. The van der Waals surface area contributed by atoms with Gasteiger partial charge >= 0.3 is 0 Å². The van der Waals surface area contributed by atoms with Crippen LogP contribution in [0.5, 0.6) is 5.75 Å². The quantitative estimate of drug-likeness (QED) is 0.933. The van der Waals surface area contributed by atoms with Crippen LogP contribution in [0.1, 0.15) is 23.9 Å². The fourth-order valence-corrected chi connectivity index (χ4v) is 1.93. The molecule has 1 heterocycles.